The predicted octanol–water partition coefficient (Wildman–Crippen LogP) is 6.43. The van der Waals surface area contributed by atoms with Crippen molar-refractivity contribution in [2.45, 2.75) is 13.5 Å². The lowest BCUT2D eigenvalue weighted by Gasteiger charge is -2.09. The second-order valence-electron chi connectivity index (χ2n) is 6.50. The summed E-state index contributed by atoms with van der Waals surface area (Å²) < 4.78 is 5.82. The standard InChI is InChI=1S/C24H18Cl2N2O2/c1-16-5-2-3-6-18(16)15-30-20-11-9-17(10-12-20)13-19(14-27)24(29)28-23-21(25)7-4-8-22(23)26/h2-13H,15H2,1H3,(H,28,29)/b19-13+. The lowest BCUT2D eigenvalue weighted by molar-refractivity contribution is -0.112. The smallest absolute Gasteiger partial charge is 0.266 e. The van der Waals surface area contributed by atoms with Crippen LogP contribution < -0.4 is 10.1 Å². The number of amides is 1. The van der Waals surface area contributed by atoms with Crippen LogP contribution in [0.3, 0.4) is 0 Å². The third-order valence-corrected chi connectivity index (χ3v) is 5.04. The zero-order valence-electron chi connectivity index (χ0n) is 16.2. The number of carbonyl (C=O) groups excluding carboxylic acids is 1. The summed E-state index contributed by atoms with van der Waals surface area (Å²) in [5, 5.41) is 12.6. The van der Waals surface area contributed by atoms with Gasteiger partial charge in [-0.3, -0.25) is 4.79 Å². The van der Waals surface area contributed by atoms with E-state index in [9.17, 15) is 10.1 Å². The molecule has 30 heavy (non-hydrogen) atoms. The first-order valence-electron chi connectivity index (χ1n) is 9.12. The van der Waals surface area contributed by atoms with Crippen LogP contribution in [0.2, 0.25) is 10.0 Å². The van der Waals surface area contributed by atoms with E-state index in [1.165, 1.54) is 11.6 Å². The highest BCUT2D eigenvalue weighted by Crippen LogP contribution is 2.30. The topological polar surface area (TPSA) is 62.1 Å². The predicted molar refractivity (Wildman–Crippen MR) is 121 cm³/mol. The maximum Gasteiger partial charge on any atom is 0.266 e. The van der Waals surface area contributed by atoms with Crippen LogP contribution >= 0.6 is 23.2 Å². The molecule has 1 N–H and O–H groups in total. The van der Waals surface area contributed by atoms with Crippen molar-refractivity contribution in [3.05, 3.63) is 99.0 Å². The molecule has 0 aromatic heterocycles. The van der Waals surface area contributed by atoms with Crippen LogP contribution in [0, 0.1) is 18.3 Å². The van der Waals surface area contributed by atoms with Crippen molar-refractivity contribution in [1.82, 2.24) is 0 Å². The van der Waals surface area contributed by atoms with E-state index < -0.39 is 5.91 Å². The monoisotopic (exact) mass is 436 g/mol. The number of benzene rings is 3. The molecule has 0 atom stereocenters. The van der Waals surface area contributed by atoms with Gasteiger partial charge in [0.25, 0.3) is 5.91 Å². The minimum atomic E-state index is -0.590. The summed E-state index contributed by atoms with van der Waals surface area (Å²) >= 11 is 12.1. The molecule has 3 aromatic carbocycles. The number of nitriles is 1. The minimum Gasteiger partial charge on any atom is -0.489 e. The SMILES string of the molecule is Cc1ccccc1COc1ccc(/C=C(\C#N)C(=O)Nc2c(Cl)cccc2Cl)cc1. The normalized spacial score (nSPS) is 10.9. The van der Waals surface area contributed by atoms with Crippen molar-refractivity contribution < 1.29 is 9.53 Å². The average molecular weight is 437 g/mol. The highest BCUT2D eigenvalue weighted by Gasteiger charge is 2.13. The number of hydrogen-bond donors (Lipinski definition) is 1. The van der Waals surface area contributed by atoms with Gasteiger partial charge in [0.05, 0.1) is 15.7 Å². The summed E-state index contributed by atoms with van der Waals surface area (Å²) in [6.07, 6.45) is 1.49. The summed E-state index contributed by atoms with van der Waals surface area (Å²) in [4.78, 5) is 12.5. The van der Waals surface area contributed by atoms with E-state index in [1.54, 1.807) is 42.5 Å². The molecule has 0 spiro atoms. The molecule has 0 bridgehead atoms. The van der Waals surface area contributed by atoms with Crippen molar-refractivity contribution in [1.29, 1.82) is 5.26 Å². The first-order valence-corrected chi connectivity index (χ1v) is 9.88. The van der Waals surface area contributed by atoms with Crippen molar-refractivity contribution in [3.8, 4) is 11.8 Å². The van der Waals surface area contributed by atoms with Crippen molar-refractivity contribution in [2.24, 2.45) is 0 Å². The highest BCUT2D eigenvalue weighted by molar-refractivity contribution is 6.40. The average Bonchev–Trinajstić information content (AvgIpc) is 2.75. The Balaban J connectivity index is 1.69. The number of hydrogen-bond acceptors (Lipinski definition) is 3. The number of halogens is 2. The van der Waals surface area contributed by atoms with Crippen molar-refractivity contribution in [3.63, 3.8) is 0 Å². The van der Waals surface area contributed by atoms with Gasteiger partial charge < -0.3 is 10.1 Å². The Hall–Kier alpha value is -3.26. The molecular formula is C24H18Cl2N2O2. The fraction of sp³-hybridized carbons (Fsp3) is 0.0833. The largest absolute Gasteiger partial charge is 0.489 e. The Labute approximate surface area is 185 Å². The maximum absolute atomic E-state index is 12.5. The van der Waals surface area contributed by atoms with Crippen molar-refractivity contribution in [2.75, 3.05) is 5.32 Å². The van der Waals surface area contributed by atoms with E-state index >= 15 is 0 Å². The summed E-state index contributed by atoms with van der Waals surface area (Å²) in [5.41, 5.74) is 3.17. The van der Waals surface area contributed by atoms with Gasteiger partial charge >= 0.3 is 0 Å². The number of ether oxygens (including phenoxy) is 1. The molecule has 3 rings (SSSR count). The van der Waals surface area contributed by atoms with Gasteiger partial charge in [-0.15, -0.1) is 0 Å². The van der Waals surface area contributed by atoms with Crippen LogP contribution in [-0.4, -0.2) is 5.91 Å². The van der Waals surface area contributed by atoms with Crippen LogP contribution in [0.15, 0.2) is 72.3 Å². The number of nitrogens with one attached hydrogen (secondary N) is 1. The third kappa shape index (κ3) is 5.42. The quantitative estimate of drug-likeness (QED) is 0.357. The van der Waals surface area contributed by atoms with Gasteiger partial charge in [0.15, 0.2) is 0 Å². The Morgan fingerprint density at radius 1 is 1.03 bits per heavy atom. The second kappa shape index (κ2) is 9.98. The van der Waals surface area contributed by atoms with E-state index in [4.69, 9.17) is 27.9 Å². The lowest BCUT2D eigenvalue weighted by Crippen LogP contribution is -2.14. The first-order chi connectivity index (χ1) is 14.5. The fourth-order valence-electron chi connectivity index (χ4n) is 2.71. The summed E-state index contributed by atoms with van der Waals surface area (Å²) in [5.74, 6) is 0.105. The highest BCUT2D eigenvalue weighted by atomic mass is 35.5. The number of carbonyl (C=O) groups is 1. The number of anilines is 1. The molecule has 1 amide bonds. The molecule has 4 nitrogen and oxygen atoms in total. The summed E-state index contributed by atoms with van der Waals surface area (Å²) in [7, 11) is 0. The van der Waals surface area contributed by atoms with Gasteiger partial charge in [0.2, 0.25) is 0 Å². The van der Waals surface area contributed by atoms with Gasteiger partial charge in [-0.05, 0) is 54.0 Å². The van der Waals surface area contributed by atoms with E-state index in [-0.39, 0.29) is 11.3 Å². The lowest BCUT2D eigenvalue weighted by atomic mass is 10.1. The number of aryl methyl sites for hydroxylation is 1. The molecule has 0 heterocycles. The molecule has 0 aliphatic carbocycles. The molecule has 0 unspecified atom stereocenters. The van der Waals surface area contributed by atoms with E-state index in [2.05, 4.69) is 5.32 Å². The van der Waals surface area contributed by atoms with E-state index in [1.807, 2.05) is 37.3 Å². The van der Waals surface area contributed by atoms with Gasteiger partial charge in [-0.1, -0.05) is 65.7 Å². The molecule has 0 saturated heterocycles. The van der Waals surface area contributed by atoms with Crippen LogP contribution in [-0.2, 0) is 11.4 Å². The van der Waals surface area contributed by atoms with Crippen LogP contribution in [0.25, 0.3) is 6.08 Å². The summed E-state index contributed by atoms with van der Waals surface area (Å²) in [6, 6.07) is 22.0. The minimum absolute atomic E-state index is 0.0698. The Morgan fingerprint density at radius 2 is 1.70 bits per heavy atom. The van der Waals surface area contributed by atoms with Crippen LogP contribution in [0.5, 0.6) is 5.75 Å². The zero-order chi connectivity index (χ0) is 21.5. The third-order valence-electron chi connectivity index (χ3n) is 4.41. The van der Waals surface area contributed by atoms with Gasteiger partial charge in [0, 0.05) is 0 Å². The second-order valence-corrected chi connectivity index (χ2v) is 7.32. The molecule has 3 aromatic rings. The molecule has 6 heteroatoms. The molecule has 0 aliphatic rings. The molecular weight excluding hydrogens is 419 g/mol. The molecule has 150 valence electrons. The van der Waals surface area contributed by atoms with Gasteiger partial charge in [-0.2, -0.15) is 5.26 Å². The molecule has 0 aliphatic heterocycles. The number of para-hydroxylation sites is 1. The Kier molecular flexibility index (Phi) is 7.13. The summed E-state index contributed by atoms with van der Waals surface area (Å²) in [6.45, 7) is 2.50. The van der Waals surface area contributed by atoms with Crippen molar-refractivity contribution >= 4 is 40.9 Å². The molecule has 0 saturated carbocycles. The maximum atomic E-state index is 12.5. The number of nitrogens with zero attached hydrogens (tertiary/aromatic N) is 1. The Morgan fingerprint density at radius 3 is 2.33 bits per heavy atom. The van der Waals surface area contributed by atoms with Gasteiger partial charge in [0.1, 0.15) is 24.0 Å². The zero-order valence-corrected chi connectivity index (χ0v) is 17.7. The van der Waals surface area contributed by atoms with Gasteiger partial charge in [-0.25, -0.2) is 0 Å². The fourth-order valence-corrected chi connectivity index (χ4v) is 3.20. The first kappa shape index (κ1) is 21.4. The number of rotatable bonds is 6. The van der Waals surface area contributed by atoms with Crippen LogP contribution in [0.1, 0.15) is 16.7 Å². The van der Waals surface area contributed by atoms with E-state index in [0.29, 0.717) is 28.0 Å². The molecule has 0 fully saturated rings. The Bertz CT molecular complexity index is 1110. The van der Waals surface area contributed by atoms with E-state index in [0.717, 1.165) is 5.56 Å². The van der Waals surface area contributed by atoms with Crippen LogP contribution in [0.4, 0.5) is 5.69 Å². The molecule has 0 radical (unpaired) electrons.